The van der Waals surface area contributed by atoms with Crippen molar-refractivity contribution in [3.05, 3.63) is 28.8 Å². The maximum atomic E-state index is 11.8. The van der Waals surface area contributed by atoms with Crippen LogP contribution in [0.3, 0.4) is 0 Å². The zero-order chi connectivity index (χ0) is 13.7. The minimum Gasteiger partial charge on any atom is -0.371 e. The van der Waals surface area contributed by atoms with Crippen LogP contribution >= 0.6 is 11.6 Å². The number of Topliss-reactive ketones (excluding diaryl/α,β-unsaturated/α-hetero) is 1. The number of anilines is 1. The molecule has 2 nitrogen and oxygen atoms in total. The van der Waals surface area contributed by atoms with Crippen LogP contribution in [0.2, 0.25) is 5.02 Å². The maximum Gasteiger partial charge on any atom is 0.161 e. The molecule has 0 amide bonds. The molecule has 0 unspecified atom stereocenters. The summed E-state index contributed by atoms with van der Waals surface area (Å²) in [6.07, 6.45) is 7.68. The van der Waals surface area contributed by atoms with Crippen LogP contribution in [0.4, 0.5) is 5.69 Å². The number of benzene rings is 1. The Bertz CT molecular complexity index is 434. The fourth-order valence-electron chi connectivity index (χ4n) is 2.73. The highest BCUT2D eigenvalue weighted by molar-refractivity contribution is 6.31. The molecular formula is C16H22ClNO. The van der Waals surface area contributed by atoms with Crippen LogP contribution in [0.15, 0.2) is 18.2 Å². The van der Waals surface area contributed by atoms with Gasteiger partial charge in [-0.3, -0.25) is 4.79 Å². The molecule has 1 heterocycles. The van der Waals surface area contributed by atoms with E-state index in [2.05, 4.69) is 4.90 Å². The van der Waals surface area contributed by atoms with Crippen molar-refractivity contribution in [2.45, 2.75) is 45.4 Å². The molecule has 1 aliphatic rings. The average molecular weight is 280 g/mol. The Morgan fingerprint density at radius 2 is 1.63 bits per heavy atom. The first-order chi connectivity index (χ1) is 9.18. The molecule has 1 saturated heterocycles. The number of carbonyl (C=O) groups excluding carboxylic acids is 1. The van der Waals surface area contributed by atoms with Crippen LogP contribution in [0.25, 0.3) is 0 Å². The van der Waals surface area contributed by atoms with E-state index in [-0.39, 0.29) is 5.78 Å². The van der Waals surface area contributed by atoms with Gasteiger partial charge in [0.1, 0.15) is 0 Å². The molecular weight excluding hydrogens is 258 g/mol. The number of hydrogen-bond donors (Lipinski definition) is 0. The second-order valence-electron chi connectivity index (χ2n) is 5.33. The smallest absolute Gasteiger partial charge is 0.161 e. The molecule has 19 heavy (non-hydrogen) atoms. The summed E-state index contributed by atoms with van der Waals surface area (Å²) in [5.74, 6) is 0.0948. The summed E-state index contributed by atoms with van der Waals surface area (Å²) in [5, 5.41) is 0.637. The first kappa shape index (κ1) is 14.4. The van der Waals surface area contributed by atoms with Gasteiger partial charge in [-0.1, -0.05) is 37.3 Å². The Hall–Kier alpha value is -1.02. The number of carbonyl (C=O) groups is 1. The monoisotopic (exact) mass is 279 g/mol. The summed E-state index contributed by atoms with van der Waals surface area (Å²) >= 11 is 6.01. The summed E-state index contributed by atoms with van der Waals surface area (Å²) in [6.45, 7) is 3.70. The normalized spacial score (nSPS) is 17.5. The lowest BCUT2D eigenvalue weighted by Gasteiger charge is -2.26. The third-order valence-electron chi connectivity index (χ3n) is 3.78. The third-order valence-corrected chi connectivity index (χ3v) is 4.02. The van der Waals surface area contributed by atoms with Crippen LogP contribution < -0.4 is 4.90 Å². The number of halogens is 1. The van der Waals surface area contributed by atoms with Gasteiger partial charge < -0.3 is 4.90 Å². The van der Waals surface area contributed by atoms with Crippen molar-refractivity contribution in [3.8, 4) is 0 Å². The average Bonchev–Trinajstić information content (AvgIpc) is 2.52. The highest BCUT2D eigenvalue weighted by atomic mass is 35.5. The summed E-state index contributed by atoms with van der Waals surface area (Å²) in [6, 6.07) is 5.68. The third kappa shape index (κ3) is 3.97. The minimum atomic E-state index is 0.0948. The van der Waals surface area contributed by atoms with Crippen molar-refractivity contribution in [2.24, 2.45) is 0 Å². The number of ketones is 1. The van der Waals surface area contributed by atoms with Gasteiger partial charge in [0.2, 0.25) is 0 Å². The SMILES string of the molecule is CC(=O)c1cc(Cl)ccc1N1CCCCCCCC1. The van der Waals surface area contributed by atoms with Crippen LogP contribution in [-0.2, 0) is 0 Å². The molecule has 104 valence electrons. The predicted molar refractivity (Wildman–Crippen MR) is 81.4 cm³/mol. The van der Waals surface area contributed by atoms with Crippen LogP contribution in [0, 0.1) is 0 Å². The lowest BCUT2D eigenvalue weighted by atomic mass is 10.1. The van der Waals surface area contributed by atoms with Gasteiger partial charge in [-0.15, -0.1) is 0 Å². The maximum absolute atomic E-state index is 11.8. The highest BCUT2D eigenvalue weighted by Crippen LogP contribution is 2.26. The van der Waals surface area contributed by atoms with Gasteiger partial charge in [0.25, 0.3) is 0 Å². The lowest BCUT2D eigenvalue weighted by Crippen LogP contribution is -2.27. The summed E-state index contributed by atoms with van der Waals surface area (Å²) < 4.78 is 0. The number of nitrogens with zero attached hydrogens (tertiary/aromatic N) is 1. The minimum absolute atomic E-state index is 0.0948. The van der Waals surface area contributed by atoms with Gasteiger partial charge in [0.05, 0.1) is 0 Å². The van der Waals surface area contributed by atoms with E-state index in [1.54, 1.807) is 13.0 Å². The Labute approximate surface area is 120 Å². The van der Waals surface area contributed by atoms with E-state index in [9.17, 15) is 4.79 Å². The van der Waals surface area contributed by atoms with Gasteiger partial charge in [-0.2, -0.15) is 0 Å². The number of hydrogen-bond acceptors (Lipinski definition) is 2. The van der Waals surface area contributed by atoms with E-state index >= 15 is 0 Å². The Morgan fingerprint density at radius 3 is 2.21 bits per heavy atom. The van der Waals surface area contributed by atoms with E-state index < -0.39 is 0 Å². The second-order valence-corrected chi connectivity index (χ2v) is 5.76. The molecule has 0 aliphatic carbocycles. The van der Waals surface area contributed by atoms with Gasteiger partial charge in [0.15, 0.2) is 5.78 Å². The summed E-state index contributed by atoms with van der Waals surface area (Å²) in [4.78, 5) is 14.2. The topological polar surface area (TPSA) is 20.3 Å². The molecule has 0 radical (unpaired) electrons. The van der Waals surface area contributed by atoms with Crippen molar-refractivity contribution in [1.29, 1.82) is 0 Å². The first-order valence-electron chi connectivity index (χ1n) is 7.24. The van der Waals surface area contributed by atoms with Crippen LogP contribution in [0.5, 0.6) is 0 Å². The van der Waals surface area contributed by atoms with Gasteiger partial charge in [0, 0.05) is 29.4 Å². The van der Waals surface area contributed by atoms with Crippen molar-refractivity contribution in [2.75, 3.05) is 18.0 Å². The highest BCUT2D eigenvalue weighted by Gasteiger charge is 2.15. The Balaban J connectivity index is 2.24. The fourth-order valence-corrected chi connectivity index (χ4v) is 2.90. The Morgan fingerprint density at radius 1 is 1.05 bits per heavy atom. The zero-order valence-electron chi connectivity index (χ0n) is 11.6. The second kappa shape index (κ2) is 6.95. The first-order valence-corrected chi connectivity index (χ1v) is 7.62. The van der Waals surface area contributed by atoms with Crippen molar-refractivity contribution >= 4 is 23.1 Å². The summed E-state index contributed by atoms with van der Waals surface area (Å²) in [5.41, 5.74) is 1.81. The van der Waals surface area contributed by atoms with Crippen molar-refractivity contribution < 1.29 is 4.79 Å². The van der Waals surface area contributed by atoms with Gasteiger partial charge in [-0.25, -0.2) is 0 Å². The summed E-state index contributed by atoms with van der Waals surface area (Å²) in [7, 11) is 0. The van der Waals surface area contributed by atoms with E-state index in [4.69, 9.17) is 11.6 Å². The molecule has 0 aromatic heterocycles. The van der Waals surface area contributed by atoms with Crippen molar-refractivity contribution in [3.63, 3.8) is 0 Å². The molecule has 1 aliphatic heterocycles. The number of rotatable bonds is 2. The molecule has 0 N–H and O–H groups in total. The molecule has 0 saturated carbocycles. The van der Waals surface area contributed by atoms with E-state index in [1.807, 2.05) is 12.1 Å². The van der Waals surface area contributed by atoms with E-state index in [0.29, 0.717) is 5.02 Å². The standard InChI is InChI=1S/C16H22ClNO/c1-13(19)15-12-14(17)8-9-16(15)18-10-6-4-2-3-5-7-11-18/h8-9,12H,2-7,10-11H2,1H3. The molecule has 0 bridgehead atoms. The zero-order valence-corrected chi connectivity index (χ0v) is 12.4. The molecule has 0 atom stereocenters. The Kier molecular flexibility index (Phi) is 5.26. The lowest BCUT2D eigenvalue weighted by molar-refractivity contribution is 0.101. The van der Waals surface area contributed by atoms with E-state index in [0.717, 1.165) is 24.3 Å². The van der Waals surface area contributed by atoms with Gasteiger partial charge >= 0.3 is 0 Å². The van der Waals surface area contributed by atoms with Crippen LogP contribution in [0.1, 0.15) is 55.8 Å². The largest absolute Gasteiger partial charge is 0.371 e. The van der Waals surface area contributed by atoms with E-state index in [1.165, 1.54) is 38.5 Å². The predicted octanol–water partition coefficient (Wildman–Crippen LogP) is 4.70. The molecule has 1 aromatic carbocycles. The van der Waals surface area contributed by atoms with Crippen LogP contribution in [-0.4, -0.2) is 18.9 Å². The van der Waals surface area contributed by atoms with Gasteiger partial charge in [-0.05, 0) is 38.0 Å². The molecule has 2 rings (SSSR count). The fraction of sp³-hybridized carbons (Fsp3) is 0.562. The molecule has 0 spiro atoms. The quantitative estimate of drug-likeness (QED) is 0.731. The molecule has 3 heteroatoms. The molecule has 1 fully saturated rings. The molecule has 1 aromatic rings. The van der Waals surface area contributed by atoms with Crippen molar-refractivity contribution in [1.82, 2.24) is 0 Å².